The van der Waals surface area contributed by atoms with E-state index in [-0.39, 0.29) is 11.2 Å². The Morgan fingerprint density at radius 3 is 2.19 bits per heavy atom. The van der Waals surface area contributed by atoms with Crippen LogP contribution in [0, 0.1) is 5.82 Å². The van der Waals surface area contributed by atoms with Gasteiger partial charge in [-0.15, -0.1) is 0 Å². The highest BCUT2D eigenvalue weighted by molar-refractivity contribution is 5.60. The van der Waals surface area contributed by atoms with Crippen molar-refractivity contribution >= 4 is 0 Å². The van der Waals surface area contributed by atoms with E-state index in [2.05, 4.69) is 76.7 Å². The zero-order valence-electron chi connectivity index (χ0n) is 18.2. The number of hydrogen-bond acceptors (Lipinski definition) is 2. The number of nitrogens with one attached hydrogen (secondary N) is 1. The maximum absolute atomic E-state index is 13.4. The van der Waals surface area contributed by atoms with Crippen LogP contribution < -0.4 is 0 Å². The molecule has 1 aliphatic heterocycles. The van der Waals surface area contributed by atoms with Gasteiger partial charge < -0.3 is 4.90 Å². The molecule has 4 aromatic rings. The lowest BCUT2D eigenvalue weighted by Gasteiger charge is -2.41. The lowest BCUT2D eigenvalue weighted by Crippen LogP contribution is -2.44. The third-order valence-corrected chi connectivity index (χ3v) is 6.82. The Bertz CT molecular complexity index is 1130. The molecule has 1 aliphatic rings. The minimum Gasteiger partial charge on any atom is -0.303 e. The van der Waals surface area contributed by atoms with Gasteiger partial charge in [0.15, 0.2) is 0 Å². The summed E-state index contributed by atoms with van der Waals surface area (Å²) >= 11 is 0. The second-order valence-corrected chi connectivity index (χ2v) is 8.70. The first-order chi connectivity index (χ1) is 15.7. The third kappa shape index (κ3) is 4.23. The van der Waals surface area contributed by atoms with Gasteiger partial charge in [0.05, 0.1) is 11.4 Å². The Labute approximate surface area is 188 Å². The molecule has 0 radical (unpaired) electrons. The van der Waals surface area contributed by atoms with Crippen LogP contribution in [0.2, 0.25) is 0 Å². The van der Waals surface area contributed by atoms with Crippen LogP contribution in [-0.4, -0.2) is 34.7 Å². The molecule has 1 aromatic heterocycles. The number of hydrogen-bond donors (Lipinski definition) is 1. The highest BCUT2D eigenvalue weighted by Gasteiger charge is 2.39. The third-order valence-electron chi connectivity index (χ3n) is 6.82. The molecule has 0 atom stereocenters. The van der Waals surface area contributed by atoms with Crippen LogP contribution in [0.1, 0.15) is 29.7 Å². The summed E-state index contributed by atoms with van der Waals surface area (Å²) in [4.78, 5) is 2.57. The van der Waals surface area contributed by atoms with E-state index in [0.717, 1.165) is 55.8 Å². The zero-order valence-corrected chi connectivity index (χ0v) is 18.2. The van der Waals surface area contributed by atoms with Crippen molar-refractivity contribution in [1.29, 1.82) is 0 Å². The van der Waals surface area contributed by atoms with Crippen molar-refractivity contribution in [2.75, 3.05) is 19.6 Å². The summed E-state index contributed by atoms with van der Waals surface area (Å²) in [5.41, 5.74) is 5.56. The van der Waals surface area contributed by atoms with Crippen LogP contribution in [0.15, 0.2) is 91.0 Å². The molecule has 162 valence electrons. The van der Waals surface area contributed by atoms with Crippen LogP contribution >= 0.6 is 0 Å². The predicted octanol–water partition coefficient (Wildman–Crippen LogP) is 5.84. The Morgan fingerprint density at radius 2 is 1.50 bits per heavy atom. The molecule has 1 fully saturated rings. The van der Waals surface area contributed by atoms with Crippen molar-refractivity contribution in [2.45, 2.75) is 24.7 Å². The van der Waals surface area contributed by atoms with E-state index in [0.29, 0.717) is 0 Å². The van der Waals surface area contributed by atoms with Gasteiger partial charge in [-0.05, 0) is 79.4 Å². The molecule has 3 aromatic carbocycles. The molecule has 2 heterocycles. The summed E-state index contributed by atoms with van der Waals surface area (Å²) in [7, 11) is 0. The lowest BCUT2D eigenvalue weighted by molar-refractivity contribution is 0.178. The van der Waals surface area contributed by atoms with Crippen LogP contribution in [0.5, 0.6) is 0 Å². The molecule has 1 saturated heterocycles. The molecule has 32 heavy (non-hydrogen) atoms. The molecule has 0 saturated carbocycles. The van der Waals surface area contributed by atoms with Gasteiger partial charge in [-0.1, -0.05) is 60.7 Å². The van der Waals surface area contributed by atoms with Gasteiger partial charge in [0.1, 0.15) is 5.82 Å². The Morgan fingerprint density at radius 1 is 0.844 bits per heavy atom. The number of aromatic nitrogens is 2. The number of nitrogens with zero attached hydrogens (tertiary/aromatic N) is 2. The van der Waals surface area contributed by atoms with E-state index in [9.17, 15) is 4.39 Å². The first-order valence-corrected chi connectivity index (χ1v) is 11.4. The maximum atomic E-state index is 13.4. The van der Waals surface area contributed by atoms with E-state index in [1.165, 1.54) is 23.3 Å². The van der Waals surface area contributed by atoms with E-state index in [1.807, 2.05) is 0 Å². The molecular formula is C28H28FN3. The first kappa shape index (κ1) is 20.7. The van der Waals surface area contributed by atoms with Gasteiger partial charge in [-0.2, -0.15) is 5.10 Å². The number of H-pyrrole nitrogens is 1. The van der Waals surface area contributed by atoms with Crippen LogP contribution in [0.4, 0.5) is 4.39 Å². The van der Waals surface area contributed by atoms with Crippen LogP contribution in [0.3, 0.4) is 0 Å². The van der Waals surface area contributed by atoms with Gasteiger partial charge >= 0.3 is 0 Å². The van der Waals surface area contributed by atoms with Gasteiger partial charge in [-0.25, -0.2) is 4.39 Å². The standard InChI is InChI=1S/C28H28FN3/c29-25-13-11-23(12-14-25)26-21-27(31-30-26)28(24-9-5-2-6-10-24)16-19-32(20-17-28)18-15-22-7-3-1-4-8-22/h1-14,21H,15-20H2,(H,30,31). The SMILES string of the molecule is Fc1ccc(-c2cc(C3(c4ccccc4)CCN(CCc4ccccc4)CC3)n[nH]2)cc1. The summed E-state index contributed by atoms with van der Waals surface area (Å²) < 4.78 is 13.4. The molecule has 1 N–H and O–H groups in total. The second-order valence-electron chi connectivity index (χ2n) is 8.70. The normalized spacial score (nSPS) is 16.2. The van der Waals surface area contributed by atoms with Crippen LogP contribution in [0.25, 0.3) is 11.3 Å². The number of benzene rings is 3. The van der Waals surface area contributed by atoms with Crippen molar-refractivity contribution in [3.8, 4) is 11.3 Å². The van der Waals surface area contributed by atoms with Gasteiger partial charge in [0.25, 0.3) is 0 Å². The van der Waals surface area contributed by atoms with Crippen molar-refractivity contribution < 1.29 is 4.39 Å². The second kappa shape index (κ2) is 9.09. The zero-order chi connectivity index (χ0) is 21.8. The minimum absolute atomic E-state index is 0.112. The molecule has 0 unspecified atom stereocenters. The highest BCUT2D eigenvalue weighted by atomic mass is 19.1. The molecule has 0 spiro atoms. The number of likely N-dealkylation sites (tertiary alicyclic amines) is 1. The molecule has 3 nitrogen and oxygen atoms in total. The molecule has 0 amide bonds. The van der Waals surface area contributed by atoms with Gasteiger partial charge in [-0.3, -0.25) is 5.10 Å². The average Bonchev–Trinajstić information content (AvgIpc) is 3.36. The Balaban J connectivity index is 1.37. The van der Waals surface area contributed by atoms with Crippen molar-refractivity contribution in [3.05, 3.63) is 114 Å². The topological polar surface area (TPSA) is 31.9 Å². The fourth-order valence-electron chi connectivity index (χ4n) is 4.88. The van der Waals surface area contributed by atoms with E-state index >= 15 is 0 Å². The van der Waals surface area contributed by atoms with E-state index in [1.54, 1.807) is 12.1 Å². The first-order valence-electron chi connectivity index (χ1n) is 11.4. The quantitative estimate of drug-likeness (QED) is 0.421. The number of rotatable bonds is 6. The molecular weight excluding hydrogens is 397 g/mol. The number of aromatic amines is 1. The van der Waals surface area contributed by atoms with Crippen LogP contribution in [-0.2, 0) is 11.8 Å². The Hall–Kier alpha value is -3.24. The van der Waals surface area contributed by atoms with E-state index < -0.39 is 0 Å². The summed E-state index contributed by atoms with van der Waals surface area (Å²) in [6.45, 7) is 3.16. The van der Waals surface area contributed by atoms with Gasteiger partial charge in [0.2, 0.25) is 0 Å². The average molecular weight is 426 g/mol. The molecule has 4 heteroatoms. The van der Waals surface area contributed by atoms with Crippen molar-refractivity contribution in [2.24, 2.45) is 0 Å². The maximum Gasteiger partial charge on any atom is 0.123 e. The number of halogens is 1. The molecule has 0 bridgehead atoms. The van der Waals surface area contributed by atoms with E-state index in [4.69, 9.17) is 5.10 Å². The summed E-state index contributed by atoms with van der Waals surface area (Å²) in [6, 6.07) is 30.2. The summed E-state index contributed by atoms with van der Waals surface area (Å²) in [6.07, 6.45) is 3.13. The highest BCUT2D eigenvalue weighted by Crippen LogP contribution is 2.41. The number of piperidine rings is 1. The van der Waals surface area contributed by atoms with Gasteiger partial charge in [0, 0.05) is 12.0 Å². The monoisotopic (exact) mass is 425 g/mol. The summed E-state index contributed by atoms with van der Waals surface area (Å²) in [5.74, 6) is -0.225. The fourth-order valence-corrected chi connectivity index (χ4v) is 4.88. The minimum atomic E-state index is -0.225. The largest absolute Gasteiger partial charge is 0.303 e. The smallest absolute Gasteiger partial charge is 0.123 e. The van der Waals surface area contributed by atoms with Crippen molar-refractivity contribution in [3.63, 3.8) is 0 Å². The lowest BCUT2D eigenvalue weighted by atomic mass is 9.70. The predicted molar refractivity (Wildman–Crippen MR) is 127 cm³/mol. The summed E-state index contributed by atoms with van der Waals surface area (Å²) in [5, 5.41) is 7.97. The Kier molecular flexibility index (Phi) is 5.87. The van der Waals surface area contributed by atoms with Crippen molar-refractivity contribution in [1.82, 2.24) is 15.1 Å². The fraction of sp³-hybridized carbons (Fsp3) is 0.250. The molecule has 5 rings (SSSR count). The molecule has 0 aliphatic carbocycles.